The van der Waals surface area contributed by atoms with Gasteiger partial charge < -0.3 is 24.0 Å². The molecule has 2 amide bonds. The molecule has 0 radical (unpaired) electrons. The Kier molecular flexibility index (Phi) is 6.59. The number of ether oxygens (including phenoxy) is 3. The van der Waals surface area contributed by atoms with Crippen LogP contribution in [0, 0.1) is 5.92 Å². The number of anilines is 1. The van der Waals surface area contributed by atoms with Gasteiger partial charge in [-0.1, -0.05) is 18.2 Å². The van der Waals surface area contributed by atoms with E-state index in [1.165, 1.54) is 0 Å². The Morgan fingerprint density at radius 1 is 1.10 bits per heavy atom. The number of likely N-dealkylation sites (N-methyl/N-ethyl adjacent to an activating group) is 1. The fourth-order valence-corrected chi connectivity index (χ4v) is 3.35. The van der Waals surface area contributed by atoms with E-state index >= 15 is 0 Å². The Hall–Kier alpha value is -3.22. The number of para-hydroxylation sites is 1. The number of carbonyl (C=O) groups is 2. The lowest BCUT2D eigenvalue weighted by molar-refractivity contribution is -0.134. The van der Waals surface area contributed by atoms with Crippen LogP contribution in [0.15, 0.2) is 48.5 Å². The van der Waals surface area contributed by atoms with Crippen molar-refractivity contribution in [2.75, 3.05) is 45.9 Å². The molecule has 1 atom stereocenters. The highest BCUT2D eigenvalue weighted by Crippen LogP contribution is 2.34. The smallest absolute Gasteiger partial charge is 0.227 e. The van der Waals surface area contributed by atoms with Crippen molar-refractivity contribution < 1.29 is 23.8 Å². The van der Waals surface area contributed by atoms with Gasteiger partial charge in [0.05, 0.1) is 26.7 Å². The van der Waals surface area contributed by atoms with Gasteiger partial charge in [-0.3, -0.25) is 9.59 Å². The zero-order valence-electron chi connectivity index (χ0n) is 17.0. The van der Waals surface area contributed by atoms with E-state index in [0.29, 0.717) is 36.9 Å². The summed E-state index contributed by atoms with van der Waals surface area (Å²) in [6.45, 7) is 1.19. The molecule has 0 spiro atoms. The molecule has 0 saturated carbocycles. The first kappa shape index (κ1) is 20.5. The highest BCUT2D eigenvalue weighted by molar-refractivity contribution is 6.00. The fourth-order valence-electron chi connectivity index (χ4n) is 3.35. The van der Waals surface area contributed by atoms with Crippen LogP contribution in [0.25, 0.3) is 0 Å². The third-order valence-electron chi connectivity index (χ3n) is 4.97. The maximum atomic E-state index is 12.8. The average Bonchev–Trinajstić information content (AvgIpc) is 3.14. The summed E-state index contributed by atoms with van der Waals surface area (Å²) in [5.74, 6) is 1.39. The fraction of sp³-hybridized carbons (Fsp3) is 0.364. The van der Waals surface area contributed by atoms with Crippen molar-refractivity contribution in [1.29, 1.82) is 0 Å². The molecule has 0 bridgehead atoms. The molecule has 1 aliphatic rings. The van der Waals surface area contributed by atoms with Crippen molar-refractivity contribution in [2.24, 2.45) is 5.92 Å². The second kappa shape index (κ2) is 9.32. The van der Waals surface area contributed by atoms with Gasteiger partial charge in [0.1, 0.15) is 12.4 Å². The van der Waals surface area contributed by atoms with Gasteiger partial charge in [-0.25, -0.2) is 0 Å². The second-order valence-corrected chi connectivity index (χ2v) is 6.87. The summed E-state index contributed by atoms with van der Waals surface area (Å²) >= 11 is 0. The Morgan fingerprint density at radius 3 is 2.52 bits per heavy atom. The molecule has 0 aromatic heterocycles. The van der Waals surface area contributed by atoms with Crippen molar-refractivity contribution in [1.82, 2.24) is 4.90 Å². The zero-order valence-corrected chi connectivity index (χ0v) is 17.0. The molecule has 2 aromatic carbocycles. The topological polar surface area (TPSA) is 68.3 Å². The number of hydrogen-bond donors (Lipinski definition) is 0. The van der Waals surface area contributed by atoms with Crippen LogP contribution in [0.5, 0.6) is 17.2 Å². The number of carbonyl (C=O) groups excluding carboxylic acids is 2. The molecule has 1 heterocycles. The van der Waals surface area contributed by atoms with Gasteiger partial charge in [0, 0.05) is 31.8 Å². The van der Waals surface area contributed by atoms with Crippen LogP contribution >= 0.6 is 0 Å². The maximum absolute atomic E-state index is 12.8. The summed E-state index contributed by atoms with van der Waals surface area (Å²) in [7, 11) is 4.84. The van der Waals surface area contributed by atoms with Gasteiger partial charge in [0.25, 0.3) is 0 Å². The molecular formula is C22H26N2O5. The lowest BCUT2D eigenvalue weighted by atomic mass is 10.1. The molecule has 7 nitrogen and oxygen atoms in total. The SMILES string of the molecule is COc1ccc(N2CC(C(=O)N(C)CCOc3ccccc3)CC2=O)cc1OC. The van der Waals surface area contributed by atoms with Crippen LogP contribution in [0.2, 0.25) is 0 Å². The van der Waals surface area contributed by atoms with Crippen LogP contribution in [0.4, 0.5) is 5.69 Å². The molecule has 3 rings (SSSR count). The molecule has 1 aliphatic heterocycles. The highest BCUT2D eigenvalue weighted by Gasteiger charge is 2.36. The standard InChI is InChI=1S/C22H26N2O5/c1-23(11-12-29-18-7-5-4-6-8-18)22(26)16-13-21(25)24(15-16)17-9-10-19(27-2)20(14-17)28-3/h4-10,14,16H,11-13,15H2,1-3H3. The Bertz CT molecular complexity index is 856. The van der Waals surface area contributed by atoms with Gasteiger partial charge in [0.2, 0.25) is 11.8 Å². The molecule has 0 aliphatic carbocycles. The van der Waals surface area contributed by atoms with Crippen molar-refractivity contribution in [3.05, 3.63) is 48.5 Å². The van der Waals surface area contributed by atoms with Crippen molar-refractivity contribution >= 4 is 17.5 Å². The average molecular weight is 398 g/mol. The van der Waals surface area contributed by atoms with E-state index in [0.717, 1.165) is 5.75 Å². The van der Waals surface area contributed by atoms with Crippen molar-refractivity contribution in [3.63, 3.8) is 0 Å². The predicted molar refractivity (Wildman–Crippen MR) is 110 cm³/mol. The van der Waals surface area contributed by atoms with Gasteiger partial charge in [-0.2, -0.15) is 0 Å². The summed E-state index contributed by atoms with van der Waals surface area (Å²) < 4.78 is 16.2. The normalized spacial score (nSPS) is 15.9. The molecule has 2 aromatic rings. The van der Waals surface area contributed by atoms with Crippen LogP contribution in [0.3, 0.4) is 0 Å². The van der Waals surface area contributed by atoms with Gasteiger partial charge in [-0.15, -0.1) is 0 Å². The number of methoxy groups -OCH3 is 2. The van der Waals surface area contributed by atoms with Crippen molar-refractivity contribution in [2.45, 2.75) is 6.42 Å². The third-order valence-corrected chi connectivity index (χ3v) is 4.97. The third kappa shape index (κ3) is 4.80. The maximum Gasteiger partial charge on any atom is 0.227 e. The largest absolute Gasteiger partial charge is 0.493 e. The first-order valence-corrected chi connectivity index (χ1v) is 9.48. The summed E-state index contributed by atoms with van der Waals surface area (Å²) in [5.41, 5.74) is 0.693. The van der Waals surface area contributed by atoms with Crippen LogP contribution in [0.1, 0.15) is 6.42 Å². The Labute approximate surface area is 170 Å². The summed E-state index contributed by atoms with van der Waals surface area (Å²) in [4.78, 5) is 28.6. The van der Waals surface area contributed by atoms with Crippen LogP contribution in [-0.4, -0.2) is 57.7 Å². The monoisotopic (exact) mass is 398 g/mol. The quantitative estimate of drug-likeness (QED) is 0.684. The number of nitrogens with zero attached hydrogens (tertiary/aromatic N) is 2. The summed E-state index contributed by atoms with van der Waals surface area (Å²) in [5, 5.41) is 0. The molecule has 1 unspecified atom stereocenters. The van der Waals surface area contributed by atoms with E-state index in [4.69, 9.17) is 14.2 Å². The molecule has 1 saturated heterocycles. The predicted octanol–water partition coefficient (Wildman–Crippen LogP) is 2.59. The lowest BCUT2D eigenvalue weighted by Crippen LogP contribution is -2.37. The van der Waals surface area contributed by atoms with Crippen LogP contribution in [-0.2, 0) is 9.59 Å². The minimum atomic E-state index is -0.377. The Morgan fingerprint density at radius 2 is 1.83 bits per heavy atom. The van der Waals surface area contributed by atoms with E-state index < -0.39 is 0 Å². The lowest BCUT2D eigenvalue weighted by Gasteiger charge is -2.22. The molecule has 29 heavy (non-hydrogen) atoms. The van der Waals surface area contributed by atoms with Gasteiger partial charge in [0.15, 0.2) is 11.5 Å². The van der Waals surface area contributed by atoms with E-state index in [-0.39, 0.29) is 24.2 Å². The molecular weight excluding hydrogens is 372 g/mol. The van der Waals surface area contributed by atoms with Crippen molar-refractivity contribution in [3.8, 4) is 17.2 Å². The highest BCUT2D eigenvalue weighted by atomic mass is 16.5. The van der Waals surface area contributed by atoms with E-state index in [2.05, 4.69) is 0 Å². The molecule has 1 fully saturated rings. The zero-order chi connectivity index (χ0) is 20.8. The molecule has 7 heteroatoms. The van der Waals surface area contributed by atoms with E-state index in [9.17, 15) is 9.59 Å². The first-order chi connectivity index (χ1) is 14.0. The number of benzene rings is 2. The van der Waals surface area contributed by atoms with E-state index in [1.54, 1.807) is 49.3 Å². The van der Waals surface area contributed by atoms with Crippen LogP contribution < -0.4 is 19.1 Å². The first-order valence-electron chi connectivity index (χ1n) is 9.48. The van der Waals surface area contributed by atoms with E-state index in [1.807, 2.05) is 30.3 Å². The second-order valence-electron chi connectivity index (χ2n) is 6.87. The minimum absolute atomic E-state index is 0.0574. The molecule has 0 N–H and O–H groups in total. The summed E-state index contributed by atoms with van der Waals surface area (Å²) in [6, 6.07) is 14.8. The summed E-state index contributed by atoms with van der Waals surface area (Å²) in [6.07, 6.45) is 0.192. The molecule has 154 valence electrons. The Balaban J connectivity index is 1.58. The van der Waals surface area contributed by atoms with Gasteiger partial charge >= 0.3 is 0 Å². The number of amides is 2. The van der Waals surface area contributed by atoms with Gasteiger partial charge in [-0.05, 0) is 24.3 Å². The number of hydrogen-bond acceptors (Lipinski definition) is 5. The minimum Gasteiger partial charge on any atom is -0.493 e. The number of rotatable bonds is 8.